The van der Waals surface area contributed by atoms with Gasteiger partial charge < -0.3 is 4.74 Å². The first-order valence-corrected chi connectivity index (χ1v) is 11.4. The van der Waals surface area contributed by atoms with Crippen LogP contribution in [0.5, 0.6) is 0 Å². The first-order valence-electron chi connectivity index (χ1n) is 10.6. The highest BCUT2D eigenvalue weighted by Gasteiger charge is 2.74. The first kappa shape index (κ1) is 21.1. The van der Waals surface area contributed by atoms with Gasteiger partial charge in [0.2, 0.25) is 29.0 Å². The minimum Gasteiger partial charge on any atom is -0.349 e. The minimum atomic E-state index is -2.18. The van der Waals surface area contributed by atoms with Gasteiger partial charge in [0.25, 0.3) is 0 Å². The molecule has 2 fully saturated rings. The van der Waals surface area contributed by atoms with Gasteiger partial charge in [-0.05, 0) is 42.0 Å². The number of carbonyl (C=O) groups is 4. The lowest BCUT2D eigenvalue weighted by Gasteiger charge is -2.27. The van der Waals surface area contributed by atoms with Crippen LogP contribution in [-0.4, -0.2) is 29.0 Å². The maximum atomic E-state index is 14.1. The molecule has 3 aromatic carbocycles. The average Bonchev–Trinajstić information content (AvgIpc) is 3.40. The Hall–Kier alpha value is -3.49. The van der Waals surface area contributed by atoms with Crippen molar-refractivity contribution < 1.29 is 28.3 Å². The number of amides is 2. The van der Waals surface area contributed by atoms with Crippen molar-refractivity contribution >= 4 is 45.0 Å². The fraction of sp³-hybridized carbons (Fsp3) is 0.154. The summed E-state index contributed by atoms with van der Waals surface area (Å²) in [5.41, 5.74) is -1.29. The van der Waals surface area contributed by atoms with E-state index in [0.717, 1.165) is 9.37 Å². The van der Waals surface area contributed by atoms with Gasteiger partial charge in [0.15, 0.2) is 0 Å². The summed E-state index contributed by atoms with van der Waals surface area (Å²) in [6.07, 6.45) is -1.15. The number of fused-ring (bicyclic) bond motifs is 3. The normalized spacial score (nSPS) is 24.8. The predicted octanol–water partition coefficient (Wildman–Crippen LogP) is 4.28. The number of rotatable bonds is 2. The number of ether oxygens (including phenoxy) is 1. The number of benzene rings is 3. The lowest BCUT2D eigenvalue weighted by Crippen LogP contribution is -2.51. The molecule has 0 unspecified atom stereocenters. The Morgan fingerprint density at radius 1 is 0.824 bits per heavy atom. The molecule has 0 aromatic heterocycles. The van der Waals surface area contributed by atoms with Crippen molar-refractivity contribution in [2.45, 2.75) is 11.7 Å². The predicted molar refractivity (Wildman–Crippen MR) is 122 cm³/mol. The second-order valence-electron chi connectivity index (χ2n) is 8.52. The summed E-state index contributed by atoms with van der Waals surface area (Å²) in [5, 5.41) is 0. The molecule has 168 valence electrons. The lowest BCUT2D eigenvalue weighted by atomic mass is 9.77. The zero-order valence-corrected chi connectivity index (χ0v) is 19.0. The molecule has 3 atom stereocenters. The maximum absolute atomic E-state index is 14.1. The molecular formula is C26H15BrFNO5. The highest BCUT2D eigenvalue weighted by Crippen LogP contribution is 2.57. The Balaban J connectivity index is 1.55. The van der Waals surface area contributed by atoms with E-state index >= 15 is 0 Å². The largest absolute Gasteiger partial charge is 0.349 e. The molecule has 8 heteroatoms. The number of halogens is 2. The van der Waals surface area contributed by atoms with Crippen LogP contribution in [0.1, 0.15) is 32.4 Å². The molecule has 0 bridgehead atoms. The Morgan fingerprint density at radius 3 is 2.09 bits per heavy atom. The van der Waals surface area contributed by atoms with E-state index in [2.05, 4.69) is 15.9 Å². The number of imide groups is 1. The Kier molecular flexibility index (Phi) is 4.49. The van der Waals surface area contributed by atoms with E-state index in [0.29, 0.717) is 5.69 Å². The number of nitrogens with zero attached hydrogens (tertiary/aromatic N) is 1. The van der Waals surface area contributed by atoms with Crippen molar-refractivity contribution in [2.24, 2.45) is 11.8 Å². The van der Waals surface area contributed by atoms with Gasteiger partial charge in [0.05, 0.1) is 23.6 Å². The first-order chi connectivity index (χ1) is 16.3. The van der Waals surface area contributed by atoms with Gasteiger partial charge in [-0.25, -0.2) is 9.29 Å². The average molecular weight is 520 g/mol. The zero-order valence-electron chi connectivity index (χ0n) is 17.4. The van der Waals surface area contributed by atoms with Gasteiger partial charge in [-0.15, -0.1) is 0 Å². The Labute approximate surface area is 201 Å². The van der Waals surface area contributed by atoms with E-state index in [9.17, 15) is 23.6 Å². The van der Waals surface area contributed by atoms with Gasteiger partial charge in [-0.3, -0.25) is 19.2 Å². The Bertz CT molecular complexity index is 1380. The highest BCUT2D eigenvalue weighted by atomic mass is 79.9. The molecule has 3 aromatic rings. The molecule has 6 nitrogen and oxygen atoms in total. The van der Waals surface area contributed by atoms with E-state index in [1.165, 1.54) is 30.3 Å². The minimum absolute atomic E-state index is 0.147. The molecule has 2 amide bonds. The van der Waals surface area contributed by atoms with Crippen molar-refractivity contribution in [3.63, 3.8) is 0 Å². The van der Waals surface area contributed by atoms with E-state index in [1.54, 1.807) is 42.5 Å². The number of ketones is 2. The number of anilines is 1. The summed E-state index contributed by atoms with van der Waals surface area (Å²) >= 11 is 3.33. The van der Waals surface area contributed by atoms with Crippen molar-refractivity contribution in [3.05, 3.63) is 99.8 Å². The van der Waals surface area contributed by atoms with Crippen molar-refractivity contribution in [3.8, 4) is 0 Å². The molecular weight excluding hydrogens is 505 g/mol. The topological polar surface area (TPSA) is 80.8 Å². The molecule has 3 aliphatic rings. The third-order valence-electron chi connectivity index (χ3n) is 6.78. The van der Waals surface area contributed by atoms with Gasteiger partial charge >= 0.3 is 0 Å². The van der Waals surface area contributed by atoms with E-state index < -0.39 is 52.7 Å². The summed E-state index contributed by atoms with van der Waals surface area (Å²) in [6.45, 7) is 0. The second-order valence-corrected chi connectivity index (χ2v) is 9.44. The van der Waals surface area contributed by atoms with Gasteiger partial charge in [-0.1, -0.05) is 52.3 Å². The summed E-state index contributed by atoms with van der Waals surface area (Å²) in [6, 6.07) is 18.3. The summed E-state index contributed by atoms with van der Waals surface area (Å²) in [5.74, 6) is -5.69. The van der Waals surface area contributed by atoms with E-state index in [-0.39, 0.29) is 16.7 Å². The van der Waals surface area contributed by atoms with Crippen molar-refractivity contribution in [1.29, 1.82) is 0 Å². The van der Waals surface area contributed by atoms with Crippen LogP contribution >= 0.6 is 15.9 Å². The van der Waals surface area contributed by atoms with E-state index in [1.807, 2.05) is 0 Å². The second kappa shape index (κ2) is 7.25. The number of hydrogen-bond donors (Lipinski definition) is 0. The van der Waals surface area contributed by atoms with Gasteiger partial charge in [0.1, 0.15) is 5.82 Å². The van der Waals surface area contributed by atoms with Crippen LogP contribution < -0.4 is 4.90 Å². The highest BCUT2D eigenvalue weighted by molar-refractivity contribution is 9.10. The molecule has 1 aliphatic carbocycles. The number of hydrogen-bond acceptors (Lipinski definition) is 5. The third-order valence-corrected chi connectivity index (χ3v) is 7.31. The smallest absolute Gasteiger partial charge is 0.241 e. The molecule has 0 saturated carbocycles. The Morgan fingerprint density at radius 2 is 1.47 bits per heavy atom. The molecule has 6 rings (SSSR count). The van der Waals surface area contributed by atoms with Gasteiger partial charge in [0, 0.05) is 15.6 Å². The van der Waals surface area contributed by atoms with Gasteiger partial charge in [-0.2, -0.15) is 0 Å². The lowest BCUT2D eigenvalue weighted by molar-refractivity contribution is -0.127. The molecule has 0 N–H and O–H groups in total. The standard InChI is InChI=1S/C26H15BrFNO5/c27-14-8-10-16(11-9-14)29-24(32)19-20(25(29)33)26(34-21(19)13-4-3-5-15(28)12-13)22(30)17-6-1-2-7-18(17)23(26)31/h1-12,19-21H/t19-,20+,21-/m1/s1. The summed E-state index contributed by atoms with van der Waals surface area (Å²) in [4.78, 5) is 55.7. The van der Waals surface area contributed by atoms with Crippen molar-refractivity contribution in [2.75, 3.05) is 4.90 Å². The summed E-state index contributed by atoms with van der Waals surface area (Å²) < 4.78 is 21.0. The van der Waals surface area contributed by atoms with Crippen LogP contribution in [0, 0.1) is 17.7 Å². The van der Waals surface area contributed by atoms with Crippen LogP contribution in [0.3, 0.4) is 0 Å². The number of carbonyl (C=O) groups excluding carboxylic acids is 4. The quantitative estimate of drug-likeness (QED) is 0.372. The van der Waals surface area contributed by atoms with Crippen LogP contribution in [0.25, 0.3) is 0 Å². The van der Waals surface area contributed by atoms with Crippen LogP contribution in [0.15, 0.2) is 77.3 Å². The number of Topliss-reactive ketones (excluding diaryl/α,β-unsaturated/α-hetero) is 2. The molecule has 0 radical (unpaired) electrons. The fourth-order valence-corrected chi connectivity index (χ4v) is 5.61. The fourth-order valence-electron chi connectivity index (χ4n) is 5.35. The summed E-state index contributed by atoms with van der Waals surface area (Å²) in [7, 11) is 0. The van der Waals surface area contributed by atoms with Crippen LogP contribution in [0.4, 0.5) is 10.1 Å². The van der Waals surface area contributed by atoms with Crippen molar-refractivity contribution in [1.82, 2.24) is 0 Å². The maximum Gasteiger partial charge on any atom is 0.241 e. The SMILES string of the molecule is O=C1[C@H]2[C@@H](c3cccc(F)c3)OC3(C(=O)c4ccccc4C3=O)[C@@H]2C(=O)N1c1ccc(Br)cc1. The molecule has 34 heavy (non-hydrogen) atoms. The molecule has 2 heterocycles. The molecule has 1 spiro atoms. The molecule has 2 aliphatic heterocycles. The zero-order chi connectivity index (χ0) is 23.8. The monoisotopic (exact) mass is 519 g/mol. The van der Waals surface area contributed by atoms with Crippen LogP contribution in [0.2, 0.25) is 0 Å². The van der Waals surface area contributed by atoms with Crippen LogP contribution in [-0.2, 0) is 14.3 Å². The van der Waals surface area contributed by atoms with E-state index in [4.69, 9.17) is 4.74 Å². The third kappa shape index (κ3) is 2.63. The molecule has 2 saturated heterocycles.